The summed E-state index contributed by atoms with van der Waals surface area (Å²) in [5.74, 6) is 0.676. The fourth-order valence-corrected chi connectivity index (χ4v) is 2.68. The minimum atomic E-state index is -0.700. The summed E-state index contributed by atoms with van der Waals surface area (Å²) < 4.78 is 3.93. The monoisotopic (exact) mass is 406 g/mol. The Labute approximate surface area is 122 Å². The Morgan fingerprint density at radius 2 is 2.29 bits per heavy atom. The van der Waals surface area contributed by atoms with Crippen molar-refractivity contribution in [1.82, 2.24) is 9.55 Å². The molecule has 1 heterocycles. The first-order valence-corrected chi connectivity index (χ1v) is 7.14. The van der Waals surface area contributed by atoms with Gasteiger partial charge in [0.2, 0.25) is 0 Å². The first kappa shape index (κ1) is 13.0. The van der Waals surface area contributed by atoms with Gasteiger partial charge in [0.05, 0.1) is 0 Å². The summed E-state index contributed by atoms with van der Waals surface area (Å²) in [5, 5.41) is 10.4. The Kier molecular flexibility index (Phi) is 4.22. The number of aliphatic hydroxyl groups excluding tert-OH is 1. The van der Waals surface area contributed by atoms with Gasteiger partial charge in [0.25, 0.3) is 0 Å². The molecule has 3 nitrogen and oxygen atoms in total. The zero-order chi connectivity index (χ0) is 12.4. The van der Waals surface area contributed by atoms with Gasteiger partial charge in [0, 0.05) is 32.5 Å². The maximum absolute atomic E-state index is 10.4. The molecule has 1 aromatic heterocycles. The normalized spacial score (nSPS) is 12.7. The minimum Gasteiger partial charge on any atom is -0.380 e. The predicted octanol–water partition coefficient (Wildman–Crippen LogP) is 3.35. The van der Waals surface area contributed by atoms with Gasteiger partial charge in [-0.2, -0.15) is 0 Å². The van der Waals surface area contributed by atoms with Gasteiger partial charge >= 0.3 is 0 Å². The number of imidazole rings is 1. The van der Waals surface area contributed by atoms with Crippen molar-refractivity contribution >= 4 is 38.5 Å². The molecule has 0 radical (unpaired) electrons. The number of halogens is 2. The minimum absolute atomic E-state index is 0.676. The summed E-state index contributed by atoms with van der Waals surface area (Å²) in [6, 6.07) is 5.90. The van der Waals surface area contributed by atoms with Crippen molar-refractivity contribution < 1.29 is 5.11 Å². The first-order valence-electron chi connectivity index (χ1n) is 5.27. The molecule has 1 aromatic carbocycles. The van der Waals surface area contributed by atoms with Crippen molar-refractivity contribution in [1.29, 1.82) is 0 Å². The van der Waals surface area contributed by atoms with Gasteiger partial charge in [0.15, 0.2) is 0 Å². The van der Waals surface area contributed by atoms with E-state index in [-0.39, 0.29) is 0 Å². The second kappa shape index (κ2) is 5.49. The number of benzene rings is 1. The second-order valence-corrected chi connectivity index (χ2v) is 5.74. The van der Waals surface area contributed by atoms with Crippen LogP contribution in [-0.2, 0) is 6.54 Å². The van der Waals surface area contributed by atoms with Crippen LogP contribution in [0.1, 0.15) is 24.4 Å². The molecule has 1 atom stereocenters. The number of rotatable bonds is 3. The molecule has 1 unspecified atom stereocenters. The molecule has 1 N–H and O–H groups in total. The molecule has 5 heteroatoms. The molecule has 0 fully saturated rings. The highest BCUT2D eigenvalue weighted by Crippen LogP contribution is 2.29. The Balaban J connectivity index is 2.43. The lowest BCUT2D eigenvalue weighted by Gasteiger charge is -2.14. The molecule has 90 valence electrons. The highest BCUT2D eigenvalue weighted by Gasteiger charge is 2.18. The molecule has 0 aliphatic rings. The number of aromatic nitrogens is 2. The number of hydrogen-bond donors (Lipinski definition) is 1. The molecule has 17 heavy (non-hydrogen) atoms. The van der Waals surface area contributed by atoms with Crippen LogP contribution in [0.25, 0.3) is 0 Å². The molecule has 0 bridgehead atoms. The Hall–Kier alpha value is -0.400. The summed E-state index contributed by atoms with van der Waals surface area (Å²) in [5.41, 5.74) is 0.845. The van der Waals surface area contributed by atoms with Crippen molar-refractivity contribution in [2.24, 2.45) is 0 Å². The quantitative estimate of drug-likeness (QED) is 0.793. The summed E-state index contributed by atoms with van der Waals surface area (Å²) >= 11 is 5.69. The predicted molar refractivity (Wildman–Crippen MR) is 78.8 cm³/mol. The maximum atomic E-state index is 10.4. The second-order valence-electron chi connectivity index (χ2n) is 3.64. The molecule has 0 saturated carbocycles. The van der Waals surface area contributed by atoms with Crippen LogP contribution in [0.3, 0.4) is 0 Å². The van der Waals surface area contributed by atoms with Crippen LogP contribution in [-0.4, -0.2) is 14.7 Å². The summed E-state index contributed by atoms with van der Waals surface area (Å²) in [4.78, 5) is 4.22. The van der Waals surface area contributed by atoms with Gasteiger partial charge < -0.3 is 9.67 Å². The third-order valence-electron chi connectivity index (χ3n) is 2.59. The molecule has 2 rings (SSSR count). The van der Waals surface area contributed by atoms with E-state index in [4.69, 9.17) is 0 Å². The average molecular weight is 407 g/mol. The average Bonchev–Trinajstić information content (AvgIpc) is 2.79. The molecule has 0 aliphatic carbocycles. The van der Waals surface area contributed by atoms with Crippen LogP contribution in [0.5, 0.6) is 0 Å². The Bertz CT molecular complexity index is 527. The van der Waals surface area contributed by atoms with E-state index in [9.17, 15) is 5.11 Å². The van der Waals surface area contributed by atoms with E-state index in [1.54, 1.807) is 6.20 Å². The Morgan fingerprint density at radius 1 is 1.53 bits per heavy atom. The summed E-state index contributed by atoms with van der Waals surface area (Å²) in [6.45, 7) is 2.83. The molecule has 2 aromatic rings. The topological polar surface area (TPSA) is 38.0 Å². The third-order valence-corrected chi connectivity index (χ3v) is 3.98. The number of nitrogens with zero attached hydrogens (tertiary/aromatic N) is 2. The number of aliphatic hydroxyl groups is 1. The highest BCUT2D eigenvalue weighted by molar-refractivity contribution is 14.1. The smallest absolute Gasteiger partial charge is 0.142 e. The van der Waals surface area contributed by atoms with Crippen molar-refractivity contribution in [2.45, 2.75) is 19.6 Å². The van der Waals surface area contributed by atoms with Crippen molar-refractivity contribution in [3.8, 4) is 0 Å². The number of aryl methyl sites for hydroxylation is 1. The van der Waals surface area contributed by atoms with Crippen LogP contribution in [0.15, 0.2) is 35.1 Å². The standard InChI is InChI=1S/C12H12BrIN2O/c1-2-16-6-5-15-12(16)11(17)9-7-8(14)3-4-10(9)13/h3-7,11,17H,2H2,1H3. The number of hydrogen-bond acceptors (Lipinski definition) is 2. The largest absolute Gasteiger partial charge is 0.380 e. The Morgan fingerprint density at radius 3 is 3.00 bits per heavy atom. The zero-order valence-corrected chi connectivity index (χ0v) is 13.0. The maximum Gasteiger partial charge on any atom is 0.142 e. The van der Waals surface area contributed by atoms with E-state index in [1.807, 2.05) is 35.9 Å². The SMILES string of the molecule is CCn1ccnc1C(O)c1cc(I)ccc1Br. The molecule has 0 spiro atoms. The van der Waals surface area contributed by atoms with Crippen LogP contribution >= 0.6 is 38.5 Å². The lowest BCUT2D eigenvalue weighted by atomic mass is 10.1. The van der Waals surface area contributed by atoms with Gasteiger partial charge in [-0.05, 0) is 47.7 Å². The van der Waals surface area contributed by atoms with E-state index >= 15 is 0 Å². The first-order chi connectivity index (χ1) is 8.13. The third kappa shape index (κ3) is 2.71. The lowest BCUT2D eigenvalue weighted by molar-refractivity contribution is 0.204. The molecule has 0 aliphatic heterocycles. The van der Waals surface area contributed by atoms with E-state index in [0.717, 1.165) is 20.2 Å². The van der Waals surface area contributed by atoms with Gasteiger partial charge in [-0.1, -0.05) is 15.9 Å². The van der Waals surface area contributed by atoms with E-state index in [1.165, 1.54) is 0 Å². The van der Waals surface area contributed by atoms with E-state index in [0.29, 0.717) is 5.82 Å². The molecular formula is C12H12BrIN2O. The van der Waals surface area contributed by atoms with Crippen molar-refractivity contribution in [3.05, 3.63) is 50.0 Å². The van der Waals surface area contributed by atoms with Crippen molar-refractivity contribution in [2.75, 3.05) is 0 Å². The van der Waals surface area contributed by atoms with Gasteiger partial charge in [-0.15, -0.1) is 0 Å². The van der Waals surface area contributed by atoms with Crippen LogP contribution < -0.4 is 0 Å². The zero-order valence-electron chi connectivity index (χ0n) is 9.27. The van der Waals surface area contributed by atoms with Crippen LogP contribution in [0, 0.1) is 3.57 Å². The van der Waals surface area contributed by atoms with E-state index in [2.05, 4.69) is 43.5 Å². The van der Waals surface area contributed by atoms with E-state index < -0.39 is 6.10 Å². The van der Waals surface area contributed by atoms with Gasteiger partial charge in [-0.25, -0.2) is 4.98 Å². The lowest BCUT2D eigenvalue weighted by Crippen LogP contribution is -2.09. The fourth-order valence-electron chi connectivity index (χ4n) is 1.70. The summed E-state index contributed by atoms with van der Waals surface area (Å²) in [6.07, 6.45) is 2.89. The van der Waals surface area contributed by atoms with Crippen LogP contribution in [0.2, 0.25) is 0 Å². The fraction of sp³-hybridized carbons (Fsp3) is 0.250. The summed E-state index contributed by atoms with van der Waals surface area (Å²) in [7, 11) is 0. The van der Waals surface area contributed by atoms with Gasteiger partial charge in [0.1, 0.15) is 11.9 Å². The molecule has 0 saturated heterocycles. The van der Waals surface area contributed by atoms with Gasteiger partial charge in [-0.3, -0.25) is 0 Å². The van der Waals surface area contributed by atoms with Crippen molar-refractivity contribution in [3.63, 3.8) is 0 Å². The highest BCUT2D eigenvalue weighted by atomic mass is 127. The van der Waals surface area contributed by atoms with Crippen LogP contribution in [0.4, 0.5) is 0 Å². The molecular weight excluding hydrogens is 395 g/mol. The molecule has 0 amide bonds.